The number of amides is 1. The molecule has 3 aromatic carbocycles. The number of nitrogens with zero attached hydrogens (tertiary/aromatic N) is 2. The van der Waals surface area contributed by atoms with Crippen LogP contribution in [0.1, 0.15) is 82.3 Å². The van der Waals surface area contributed by atoms with E-state index in [1.54, 1.807) is 24.8 Å². The van der Waals surface area contributed by atoms with Crippen LogP contribution in [0.25, 0.3) is 0 Å². The molecule has 0 fully saturated rings. The lowest BCUT2D eigenvalue weighted by atomic mass is 9.84. The van der Waals surface area contributed by atoms with E-state index in [-0.39, 0.29) is 23.8 Å². The number of nitrogens with one attached hydrogen (secondary N) is 1. The SMILES string of the molecule is CC(C)[C@H](NC(=O)[C@]1(C)CSC(c2csc(CC(=O)OC(C)(C)C)n2)=N1)C(=O)O[C@@H](/C=C/CCSC(c1ccccc1)(c1ccccc1)c1ccccc1)C(C(=O)O)C(C)[Si](C)(C)C. The van der Waals surface area contributed by atoms with Gasteiger partial charge in [0.15, 0.2) is 0 Å². The van der Waals surface area contributed by atoms with Gasteiger partial charge in [0, 0.05) is 19.2 Å². The number of thioether (sulfide) groups is 2. The molecule has 10 nitrogen and oxygen atoms in total. The summed E-state index contributed by atoms with van der Waals surface area (Å²) in [7, 11) is -2.07. The lowest BCUT2D eigenvalue weighted by Gasteiger charge is -2.35. The zero-order chi connectivity index (χ0) is 46.9. The number of allylic oxidation sites excluding steroid dienone is 1. The van der Waals surface area contributed by atoms with Crippen LogP contribution in [0.5, 0.6) is 0 Å². The molecule has 64 heavy (non-hydrogen) atoms. The van der Waals surface area contributed by atoms with Crippen LogP contribution < -0.4 is 5.32 Å². The van der Waals surface area contributed by atoms with Gasteiger partial charge in [0.05, 0.1) is 17.1 Å². The van der Waals surface area contributed by atoms with E-state index in [1.165, 1.54) is 23.1 Å². The first kappa shape index (κ1) is 50.5. The molecule has 1 aliphatic rings. The Labute approximate surface area is 392 Å². The van der Waals surface area contributed by atoms with Crippen molar-refractivity contribution in [2.24, 2.45) is 16.8 Å². The highest BCUT2D eigenvalue weighted by Crippen LogP contribution is 2.48. The second kappa shape index (κ2) is 21.7. The molecule has 0 bridgehead atoms. The number of hydrogen-bond donors (Lipinski definition) is 2. The number of aliphatic imine (C=N–C) groups is 1. The molecule has 2 heterocycles. The summed E-state index contributed by atoms with van der Waals surface area (Å²) in [6, 6.07) is 30.2. The summed E-state index contributed by atoms with van der Waals surface area (Å²) >= 11 is 4.50. The molecule has 1 aliphatic heterocycles. The number of esters is 2. The first-order valence-electron chi connectivity index (χ1n) is 21.8. The van der Waals surface area contributed by atoms with E-state index in [2.05, 4.69) is 103 Å². The average molecular weight is 942 g/mol. The monoisotopic (exact) mass is 941 g/mol. The topological polar surface area (TPSA) is 144 Å². The van der Waals surface area contributed by atoms with E-state index in [9.17, 15) is 24.3 Å². The summed E-state index contributed by atoms with van der Waals surface area (Å²) in [5.41, 5.74) is 1.92. The minimum absolute atomic E-state index is 0.0297. The lowest BCUT2D eigenvalue weighted by Crippen LogP contribution is -2.54. The molecule has 14 heteroatoms. The normalized spacial score (nSPS) is 17.6. The molecular formula is C50H63N3O7S3Si. The van der Waals surface area contributed by atoms with E-state index in [1.807, 2.05) is 71.2 Å². The Bertz CT molecular complexity index is 2180. The van der Waals surface area contributed by atoms with Gasteiger partial charge in [-0.05, 0) is 74.1 Å². The Hall–Kier alpha value is -4.50. The van der Waals surface area contributed by atoms with Gasteiger partial charge >= 0.3 is 17.9 Å². The third kappa shape index (κ3) is 12.9. The van der Waals surface area contributed by atoms with Gasteiger partial charge in [0.2, 0.25) is 5.91 Å². The Balaban J connectivity index is 1.36. The van der Waals surface area contributed by atoms with Crippen LogP contribution >= 0.6 is 34.9 Å². The number of aromatic nitrogens is 1. The smallest absolute Gasteiger partial charge is 0.329 e. The fraction of sp³-hybridized carbons (Fsp3) is 0.440. The maximum absolute atomic E-state index is 14.3. The van der Waals surface area contributed by atoms with Crippen LogP contribution in [-0.2, 0) is 39.8 Å². The Kier molecular flexibility index (Phi) is 17.1. The molecule has 342 valence electrons. The van der Waals surface area contributed by atoms with E-state index < -0.39 is 59.9 Å². The van der Waals surface area contributed by atoms with Crippen molar-refractivity contribution in [3.05, 3.63) is 136 Å². The zero-order valence-corrected chi connectivity index (χ0v) is 42.1. The molecule has 0 saturated carbocycles. The van der Waals surface area contributed by atoms with Gasteiger partial charge < -0.3 is 19.9 Å². The lowest BCUT2D eigenvalue weighted by molar-refractivity contribution is -0.159. The van der Waals surface area contributed by atoms with Crippen LogP contribution in [-0.4, -0.2) is 81.8 Å². The van der Waals surface area contributed by atoms with Gasteiger partial charge in [-0.15, -0.1) is 34.9 Å². The highest BCUT2D eigenvalue weighted by molar-refractivity contribution is 8.14. The molecule has 4 aromatic rings. The molecule has 0 aliphatic carbocycles. The summed E-state index contributed by atoms with van der Waals surface area (Å²) in [6.45, 7) is 19.0. The highest BCUT2D eigenvalue weighted by Gasteiger charge is 2.44. The van der Waals surface area contributed by atoms with Gasteiger partial charge in [0.1, 0.15) is 39.0 Å². The third-order valence-electron chi connectivity index (χ3n) is 11.3. The van der Waals surface area contributed by atoms with Crippen molar-refractivity contribution in [3.63, 3.8) is 0 Å². The maximum atomic E-state index is 14.3. The van der Waals surface area contributed by atoms with Crippen molar-refractivity contribution in [2.75, 3.05) is 11.5 Å². The van der Waals surface area contributed by atoms with Crippen LogP contribution in [0.4, 0.5) is 0 Å². The summed E-state index contributed by atoms with van der Waals surface area (Å²) in [6.07, 6.45) is 3.18. The van der Waals surface area contributed by atoms with Crippen LogP contribution in [0.15, 0.2) is 114 Å². The fourth-order valence-electron chi connectivity index (χ4n) is 7.43. The van der Waals surface area contributed by atoms with Gasteiger partial charge in [0.25, 0.3) is 0 Å². The molecular weight excluding hydrogens is 879 g/mol. The third-order valence-corrected chi connectivity index (χ3v) is 18.1. The molecule has 0 radical (unpaired) electrons. The van der Waals surface area contributed by atoms with Crippen molar-refractivity contribution >= 4 is 71.8 Å². The Morgan fingerprint density at radius 3 is 1.94 bits per heavy atom. The van der Waals surface area contributed by atoms with Gasteiger partial charge in [-0.25, -0.2) is 9.78 Å². The molecule has 2 unspecified atom stereocenters. The fourth-order valence-corrected chi connectivity index (χ4v) is 12.3. The molecule has 5 rings (SSSR count). The Morgan fingerprint density at radius 2 is 1.45 bits per heavy atom. The van der Waals surface area contributed by atoms with Gasteiger partial charge in [-0.1, -0.05) is 137 Å². The predicted molar refractivity (Wildman–Crippen MR) is 265 cm³/mol. The number of hydrogen-bond acceptors (Lipinski definition) is 11. The van der Waals surface area contributed by atoms with Crippen molar-refractivity contribution in [2.45, 2.75) is 115 Å². The highest BCUT2D eigenvalue weighted by atomic mass is 32.2. The first-order valence-corrected chi connectivity index (χ1v) is 28.2. The predicted octanol–water partition coefficient (Wildman–Crippen LogP) is 10.4. The maximum Gasteiger partial charge on any atom is 0.329 e. The van der Waals surface area contributed by atoms with E-state index in [0.29, 0.717) is 33.7 Å². The number of ether oxygens (including phenoxy) is 2. The number of aliphatic carboxylic acids is 1. The number of carbonyl (C=O) groups excluding carboxylic acids is 3. The van der Waals surface area contributed by atoms with Crippen molar-refractivity contribution < 1.29 is 33.8 Å². The van der Waals surface area contributed by atoms with Crippen molar-refractivity contribution in [3.8, 4) is 0 Å². The second-order valence-corrected chi connectivity index (χ2v) is 27.7. The summed E-state index contributed by atoms with van der Waals surface area (Å²) < 4.78 is 11.1. The van der Waals surface area contributed by atoms with Crippen molar-refractivity contribution in [1.82, 2.24) is 10.3 Å². The minimum Gasteiger partial charge on any atom is -0.481 e. The quantitative estimate of drug-likeness (QED) is 0.0289. The van der Waals surface area contributed by atoms with Crippen LogP contribution in [0, 0.1) is 11.8 Å². The summed E-state index contributed by atoms with van der Waals surface area (Å²) in [5, 5.41) is 16.6. The summed E-state index contributed by atoms with van der Waals surface area (Å²) in [4.78, 5) is 63.2. The van der Waals surface area contributed by atoms with Crippen LogP contribution in [0.3, 0.4) is 0 Å². The minimum atomic E-state index is -2.07. The van der Waals surface area contributed by atoms with Gasteiger partial charge in [-0.2, -0.15) is 0 Å². The van der Waals surface area contributed by atoms with E-state index in [4.69, 9.17) is 14.5 Å². The van der Waals surface area contributed by atoms with E-state index in [0.717, 1.165) is 16.7 Å². The molecule has 2 N–H and O–H groups in total. The number of carbonyl (C=O) groups is 4. The molecule has 0 saturated heterocycles. The van der Waals surface area contributed by atoms with Crippen molar-refractivity contribution in [1.29, 1.82) is 0 Å². The molecule has 1 aromatic heterocycles. The number of thiazole rings is 1. The number of benzene rings is 3. The zero-order valence-electron chi connectivity index (χ0n) is 38.6. The van der Waals surface area contributed by atoms with Crippen LogP contribution in [0.2, 0.25) is 25.2 Å². The number of carboxylic acid groups (broad SMARTS) is 1. The summed E-state index contributed by atoms with van der Waals surface area (Å²) in [5.74, 6) is -2.98. The molecule has 1 amide bonds. The standard InChI is InChI=1S/C50H63N3O7S3Si/c1-33(2)43(52-47(58)49(7)32-62-44(53-49)38-31-61-40(51-38)30-41(54)60-48(4,5)6)46(57)59-39(42(45(55)56)34(3)64(8,9)10)28-20-21-29-63-50(35-22-14-11-15-23-35,36-24-16-12-17-25-36)37-26-18-13-19-27-37/h11-20,22-28,31,33-34,39,42-43H,21,29-30,32H2,1-10H3,(H,52,58)(H,55,56)/b28-20+/t34?,39-,42?,43-,49-/m0/s1. The number of carboxylic acids is 1. The van der Waals surface area contributed by atoms with Gasteiger partial charge in [-0.3, -0.25) is 19.4 Å². The second-order valence-electron chi connectivity index (χ2n) is 18.8. The average Bonchev–Trinajstić information content (AvgIpc) is 3.88. The molecule has 0 spiro atoms. The number of rotatable bonds is 20. The van der Waals surface area contributed by atoms with E-state index >= 15 is 0 Å². The first-order chi connectivity index (χ1) is 30.1. The molecule has 5 atom stereocenters. The largest absolute Gasteiger partial charge is 0.481 e. The Morgan fingerprint density at radius 1 is 0.906 bits per heavy atom.